The Morgan fingerprint density at radius 3 is 2.90 bits per heavy atom. The second-order valence-electron chi connectivity index (χ2n) is 4.30. The van der Waals surface area contributed by atoms with Gasteiger partial charge in [0.25, 0.3) is 0 Å². The number of fused-ring (bicyclic) bond motifs is 1. The number of rotatable bonds is 4. The number of hydrogen-bond acceptors (Lipinski definition) is 5. The SMILES string of the molecule is N#C[C@@H](C(=O)Cc1cccs1)c1nc2ccccc2o1. The van der Waals surface area contributed by atoms with Crippen LogP contribution in [0.25, 0.3) is 11.1 Å². The molecule has 0 bridgehead atoms. The molecule has 1 atom stereocenters. The van der Waals surface area contributed by atoms with Crippen molar-refractivity contribution in [3.8, 4) is 6.07 Å². The monoisotopic (exact) mass is 282 g/mol. The first-order valence-electron chi connectivity index (χ1n) is 6.08. The van der Waals surface area contributed by atoms with E-state index in [-0.39, 0.29) is 18.1 Å². The van der Waals surface area contributed by atoms with Gasteiger partial charge in [-0.05, 0) is 23.6 Å². The van der Waals surface area contributed by atoms with Gasteiger partial charge in [0.2, 0.25) is 5.89 Å². The maximum absolute atomic E-state index is 12.2. The highest BCUT2D eigenvalue weighted by Crippen LogP contribution is 2.23. The molecular weight excluding hydrogens is 272 g/mol. The van der Waals surface area contributed by atoms with E-state index in [0.717, 1.165) is 4.88 Å². The first kappa shape index (κ1) is 12.6. The first-order chi connectivity index (χ1) is 9.78. The van der Waals surface area contributed by atoms with Crippen molar-refractivity contribution in [1.29, 1.82) is 5.26 Å². The molecular formula is C15H10N2O2S. The third-order valence-electron chi connectivity index (χ3n) is 2.94. The van der Waals surface area contributed by atoms with E-state index in [1.165, 1.54) is 11.3 Å². The topological polar surface area (TPSA) is 66.9 Å². The minimum atomic E-state index is -0.954. The summed E-state index contributed by atoms with van der Waals surface area (Å²) in [5, 5.41) is 11.1. The number of thiophene rings is 1. The van der Waals surface area contributed by atoms with Crippen molar-refractivity contribution in [2.24, 2.45) is 0 Å². The average molecular weight is 282 g/mol. The lowest BCUT2D eigenvalue weighted by molar-refractivity contribution is -0.119. The Morgan fingerprint density at radius 2 is 2.20 bits per heavy atom. The summed E-state index contributed by atoms with van der Waals surface area (Å²) in [6, 6.07) is 13.0. The molecule has 0 radical (unpaired) electrons. The van der Waals surface area contributed by atoms with Gasteiger partial charge in [-0.15, -0.1) is 11.3 Å². The smallest absolute Gasteiger partial charge is 0.220 e. The van der Waals surface area contributed by atoms with Crippen molar-refractivity contribution in [3.63, 3.8) is 0 Å². The van der Waals surface area contributed by atoms with Gasteiger partial charge in [0.05, 0.1) is 6.07 Å². The summed E-state index contributed by atoms with van der Waals surface area (Å²) in [4.78, 5) is 17.4. The van der Waals surface area contributed by atoms with Crippen LogP contribution in [0.1, 0.15) is 16.7 Å². The van der Waals surface area contributed by atoms with Gasteiger partial charge >= 0.3 is 0 Å². The Labute approximate surface area is 119 Å². The van der Waals surface area contributed by atoms with E-state index in [1.54, 1.807) is 12.1 Å². The molecule has 0 amide bonds. The maximum atomic E-state index is 12.2. The molecule has 0 unspecified atom stereocenters. The van der Waals surface area contributed by atoms with Gasteiger partial charge in [-0.25, -0.2) is 4.98 Å². The Morgan fingerprint density at radius 1 is 1.35 bits per heavy atom. The third-order valence-corrected chi connectivity index (χ3v) is 3.81. The number of ketones is 1. The quantitative estimate of drug-likeness (QED) is 0.736. The highest BCUT2D eigenvalue weighted by atomic mass is 32.1. The number of aromatic nitrogens is 1. The van der Waals surface area contributed by atoms with E-state index < -0.39 is 5.92 Å². The summed E-state index contributed by atoms with van der Waals surface area (Å²) in [7, 11) is 0. The number of Topliss-reactive ketones (excluding diaryl/α,β-unsaturated/α-hetero) is 1. The van der Waals surface area contributed by atoms with E-state index >= 15 is 0 Å². The summed E-state index contributed by atoms with van der Waals surface area (Å²) < 4.78 is 5.51. The molecule has 0 aliphatic rings. The van der Waals surface area contributed by atoms with Crippen LogP contribution in [0.2, 0.25) is 0 Å². The molecule has 3 aromatic rings. The second kappa shape index (κ2) is 5.27. The second-order valence-corrected chi connectivity index (χ2v) is 5.34. The van der Waals surface area contributed by atoms with Gasteiger partial charge in [0, 0.05) is 11.3 Å². The Bertz CT molecular complexity index is 751. The molecule has 1 aromatic carbocycles. The molecule has 0 saturated carbocycles. The third kappa shape index (κ3) is 2.33. The van der Waals surface area contributed by atoms with Crippen LogP contribution in [0.3, 0.4) is 0 Å². The van der Waals surface area contributed by atoms with Gasteiger partial charge in [-0.1, -0.05) is 18.2 Å². The lowest BCUT2D eigenvalue weighted by Crippen LogP contribution is -2.13. The largest absolute Gasteiger partial charge is 0.439 e. The number of nitriles is 1. The van der Waals surface area contributed by atoms with E-state index in [1.807, 2.05) is 35.7 Å². The summed E-state index contributed by atoms with van der Waals surface area (Å²) in [5.74, 6) is -0.971. The molecule has 5 heteroatoms. The van der Waals surface area contributed by atoms with Gasteiger partial charge < -0.3 is 4.42 Å². The fourth-order valence-corrected chi connectivity index (χ4v) is 2.68. The Balaban J connectivity index is 1.89. The van der Waals surface area contributed by atoms with Gasteiger partial charge in [0.15, 0.2) is 17.3 Å². The Kier molecular flexibility index (Phi) is 3.32. The molecule has 0 N–H and O–H groups in total. The summed E-state index contributed by atoms with van der Waals surface area (Å²) in [6.07, 6.45) is 0.231. The van der Waals surface area contributed by atoms with Gasteiger partial charge in [-0.3, -0.25) is 4.79 Å². The van der Waals surface area contributed by atoms with Crippen molar-refractivity contribution in [1.82, 2.24) is 4.98 Å². The number of nitrogens with zero attached hydrogens (tertiary/aromatic N) is 2. The standard InChI is InChI=1S/C15H10N2O2S/c16-9-11(13(18)8-10-4-3-7-20-10)15-17-12-5-1-2-6-14(12)19-15/h1-7,11H,8H2/t11-/m0/s1. The normalized spacial score (nSPS) is 12.2. The van der Waals surface area contributed by atoms with E-state index in [2.05, 4.69) is 4.98 Å². The molecule has 0 saturated heterocycles. The number of carbonyl (C=O) groups is 1. The molecule has 20 heavy (non-hydrogen) atoms. The molecule has 2 aromatic heterocycles. The van der Waals surface area contributed by atoms with Gasteiger partial charge in [-0.2, -0.15) is 5.26 Å². The van der Waals surface area contributed by atoms with Crippen molar-refractivity contribution >= 4 is 28.2 Å². The highest BCUT2D eigenvalue weighted by molar-refractivity contribution is 7.10. The number of oxazole rings is 1. The lowest BCUT2D eigenvalue weighted by atomic mass is 10.0. The van der Waals surface area contributed by atoms with Crippen LogP contribution < -0.4 is 0 Å². The van der Waals surface area contributed by atoms with Crippen molar-refractivity contribution in [2.75, 3.05) is 0 Å². The van der Waals surface area contributed by atoms with Crippen molar-refractivity contribution < 1.29 is 9.21 Å². The fraction of sp³-hybridized carbons (Fsp3) is 0.133. The first-order valence-corrected chi connectivity index (χ1v) is 6.96. The summed E-state index contributed by atoms with van der Waals surface area (Å²) in [6.45, 7) is 0. The molecule has 3 rings (SSSR count). The predicted molar refractivity (Wildman–Crippen MR) is 75.4 cm³/mol. The zero-order chi connectivity index (χ0) is 13.9. The molecule has 98 valence electrons. The van der Waals surface area contributed by atoms with Crippen LogP contribution in [0.15, 0.2) is 46.2 Å². The van der Waals surface area contributed by atoms with Crippen LogP contribution in [0, 0.1) is 11.3 Å². The fourth-order valence-electron chi connectivity index (χ4n) is 1.97. The van der Waals surface area contributed by atoms with Gasteiger partial charge in [0.1, 0.15) is 5.52 Å². The lowest BCUT2D eigenvalue weighted by Gasteiger charge is -2.02. The van der Waals surface area contributed by atoms with Crippen LogP contribution in [-0.2, 0) is 11.2 Å². The molecule has 0 fully saturated rings. The van der Waals surface area contributed by atoms with Crippen molar-refractivity contribution in [2.45, 2.75) is 12.3 Å². The van der Waals surface area contributed by atoms with Crippen LogP contribution >= 0.6 is 11.3 Å². The molecule has 4 nitrogen and oxygen atoms in total. The number of carbonyl (C=O) groups excluding carboxylic acids is 1. The van der Waals surface area contributed by atoms with E-state index in [0.29, 0.717) is 11.1 Å². The average Bonchev–Trinajstić information content (AvgIpc) is 3.08. The molecule has 0 aliphatic heterocycles. The van der Waals surface area contributed by atoms with E-state index in [4.69, 9.17) is 4.42 Å². The number of hydrogen-bond donors (Lipinski definition) is 0. The van der Waals surface area contributed by atoms with Crippen molar-refractivity contribution in [3.05, 3.63) is 52.5 Å². The van der Waals surface area contributed by atoms with Crippen LogP contribution in [-0.4, -0.2) is 10.8 Å². The predicted octanol–water partition coefficient (Wildman–Crippen LogP) is 3.31. The Hall–Kier alpha value is -2.45. The highest BCUT2D eigenvalue weighted by Gasteiger charge is 2.26. The van der Waals surface area contributed by atoms with Crippen LogP contribution in [0.4, 0.5) is 0 Å². The summed E-state index contributed by atoms with van der Waals surface area (Å²) >= 11 is 1.50. The van der Waals surface area contributed by atoms with E-state index in [9.17, 15) is 10.1 Å². The zero-order valence-corrected chi connectivity index (χ0v) is 11.3. The zero-order valence-electron chi connectivity index (χ0n) is 10.4. The van der Waals surface area contributed by atoms with Crippen LogP contribution in [0.5, 0.6) is 0 Å². The minimum absolute atomic E-state index is 0.176. The minimum Gasteiger partial charge on any atom is -0.439 e. The molecule has 2 heterocycles. The maximum Gasteiger partial charge on any atom is 0.220 e. The number of para-hydroxylation sites is 2. The molecule has 0 spiro atoms. The number of benzene rings is 1. The summed E-state index contributed by atoms with van der Waals surface area (Å²) in [5.41, 5.74) is 1.25. The molecule has 0 aliphatic carbocycles.